The minimum Gasteiger partial charge on any atom is -0.495 e. The predicted octanol–water partition coefficient (Wildman–Crippen LogP) is 3.67. The molecule has 1 aromatic carbocycles. The lowest BCUT2D eigenvalue weighted by atomic mass is 9.84. The number of rotatable bonds is 2. The van der Waals surface area contributed by atoms with Crippen molar-refractivity contribution in [3.05, 3.63) is 22.7 Å². The van der Waals surface area contributed by atoms with E-state index in [1.54, 1.807) is 12.0 Å². The normalized spacial score (nSPS) is 19.2. The van der Waals surface area contributed by atoms with E-state index < -0.39 is 6.09 Å². The van der Waals surface area contributed by atoms with Crippen LogP contribution < -0.4 is 9.64 Å². The number of carbonyl (C=O) groups is 1. The monoisotopic (exact) mass is 370 g/mol. The molecule has 1 saturated heterocycles. The number of amides is 1. The van der Waals surface area contributed by atoms with Gasteiger partial charge in [-0.15, -0.1) is 0 Å². The van der Waals surface area contributed by atoms with Gasteiger partial charge < -0.3 is 19.6 Å². The maximum Gasteiger partial charge on any atom is 0.407 e. The van der Waals surface area contributed by atoms with Gasteiger partial charge in [-0.3, -0.25) is 0 Å². The Morgan fingerprint density at radius 3 is 2.59 bits per heavy atom. The van der Waals surface area contributed by atoms with E-state index in [1.807, 2.05) is 18.2 Å². The zero-order valence-electron chi connectivity index (χ0n) is 13.5. The lowest BCUT2D eigenvalue weighted by Gasteiger charge is -2.46. The highest BCUT2D eigenvalue weighted by atomic mass is 79.9. The van der Waals surface area contributed by atoms with Crippen molar-refractivity contribution in [3.8, 4) is 5.75 Å². The van der Waals surface area contributed by atoms with E-state index in [2.05, 4.69) is 41.6 Å². The molecule has 1 atom stereocenters. The molecule has 5 nitrogen and oxygen atoms in total. The van der Waals surface area contributed by atoms with Gasteiger partial charge in [-0.1, -0.05) is 20.8 Å². The number of benzene rings is 1. The molecule has 1 aliphatic rings. The largest absolute Gasteiger partial charge is 0.495 e. The fourth-order valence-electron chi connectivity index (χ4n) is 2.83. The Bertz CT molecular complexity index is 557. The molecule has 1 amide bonds. The summed E-state index contributed by atoms with van der Waals surface area (Å²) in [6, 6.07) is 5.93. The average Bonchev–Trinajstić information content (AvgIpc) is 2.46. The summed E-state index contributed by atoms with van der Waals surface area (Å²) >= 11 is 3.46. The van der Waals surface area contributed by atoms with Gasteiger partial charge in [0, 0.05) is 31.4 Å². The molecule has 0 aliphatic carbocycles. The molecule has 1 aliphatic heterocycles. The van der Waals surface area contributed by atoms with Gasteiger partial charge in [0.25, 0.3) is 0 Å². The molecule has 0 saturated carbocycles. The molecule has 2 rings (SSSR count). The minimum absolute atomic E-state index is 0.0478. The molecule has 0 bridgehead atoms. The summed E-state index contributed by atoms with van der Waals surface area (Å²) in [5.74, 6) is 0.783. The quantitative estimate of drug-likeness (QED) is 0.862. The molecule has 6 heteroatoms. The number of halogens is 1. The van der Waals surface area contributed by atoms with Gasteiger partial charge in [-0.25, -0.2) is 4.79 Å². The Morgan fingerprint density at radius 2 is 2.05 bits per heavy atom. The third-order valence-electron chi connectivity index (χ3n) is 4.13. The van der Waals surface area contributed by atoms with Crippen molar-refractivity contribution in [3.63, 3.8) is 0 Å². The maximum atomic E-state index is 11.5. The molecule has 0 spiro atoms. The average molecular weight is 371 g/mol. The highest BCUT2D eigenvalue weighted by Crippen LogP contribution is 2.33. The van der Waals surface area contributed by atoms with Gasteiger partial charge in [0.05, 0.1) is 17.6 Å². The van der Waals surface area contributed by atoms with Crippen LogP contribution in [0, 0.1) is 5.41 Å². The number of carboxylic acid groups (broad SMARTS) is 1. The number of hydrogen-bond donors (Lipinski definition) is 1. The molecular weight excluding hydrogens is 348 g/mol. The van der Waals surface area contributed by atoms with E-state index in [-0.39, 0.29) is 11.5 Å². The number of piperazine rings is 1. The molecule has 1 heterocycles. The van der Waals surface area contributed by atoms with Crippen LogP contribution in [0.25, 0.3) is 0 Å². The summed E-state index contributed by atoms with van der Waals surface area (Å²) in [6.45, 7) is 8.12. The summed E-state index contributed by atoms with van der Waals surface area (Å²) in [4.78, 5) is 15.3. The molecule has 22 heavy (non-hydrogen) atoms. The van der Waals surface area contributed by atoms with E-state index in [9.17, 15) is 9.90 Å². The summed E-state index contributed by atoms with van der Waals surface area (Å²) in [5.41, 5.74) is 0.940. The van der Waals surface area contributed by atoms with Crippen molar-refractivity contribution in [2.24, 2.45) is 5.41 Å². The third-order valence-corrected chi connectivity index (χ3v) is 4.78. The smallest absolute Gasteiger partial charge is 0.407 e. The van der Waals surface area contributed by atoms with Crippen LogP contribution >= 0.6 is 15.9 Å². The summed E-state index contributed by atoms with van der Waals surface area (Å²) in [7, 11) is 1.64. The third kappa shape index (κ3) is 3.48. The molecular formula is C16H23BrN2O3. The number of ether oxygens (including phenoxy) is 1. The summed E-state index contributed by atoms with van der Waals surface area (Å²) in [6.07, 6.45) is -0.840. The van der Waals surface area contributed by atoms with Gasteiger partial charge in [-0.2, -0.15) is 0 Å². The van der Waals surface area contributed by atoms with Gasteiger partial charge in [0.2, 0.25) is 0 Å². The molecule has 0 aromatic heterocycles. The maximum absolute atomic E-state index is 11.5. The highest BCUT2D eigenvalue weighted by Gasteiger charge is 2.38. The van der Waals surface area contributed by atoms with Crippen molar-refractivity contribution in [1.82, 2.24) is 4.90 Å². The van der Waals surface area contributed by atoms with Crippen LogP contribution in [-0.2, 0) is 0 Å². The second-order valence-corrected chi connectivity index (χ2v) is 7.48. The van der Waals surface area contributed by atoms with E-state index >= 15 is 0 Å². The fourth-order valence-corrected chi connectivity index (χ4v) is 3.24. The van der Waals surface area contributed by atoms with Gasteiger partial charge in [0.1, 0.15) is 5.75 Å². The van der Waals surface area contributed by atoms with Crippen LogP contribution in [0.3, 0.4) is 0 Å². The SMILES string of the molecule is COc1cc(N2CCN(C(=O)O)C(C(C)(C)C)C2)ccc1Br. The van der Waals surface area contributed by atoms with Crippen LogP contribution in [0.5, 0.6) is 5.75 Å². The molecule has 1 unspecified atom stereocenters. The lowest BCUT2D eigenvalue weighted by Crippen LogP contribution is -2.59. The van der Waals surface area contributed by atoms with Crippen LogP contribution in [0.4, 0.5) is 10.5 Å². The van der Waals surface area contributed by atoms with E-state index in [0.717, 1.165) is 15.9 Å². The number of nitrogens with zero attached hydrogens (tertiary/aromatic N) is 2. The molecule has 1 N–H and O–H groups in total. The highest BCUT2D eigenvalue weighted by molar-refractivity contribution is 9.10. The van der Waals surface area contributed by atoms with Gasteiger partial charge in [-0.05, 0) is 33.5 Å². The zero-order chi connectivity index (χ0) is 16.5. The Hall–Kier alpha value is -1.43. The van der Waals surface area contributed by atoms with Crippen LogP contribution in [-0.4, -0.2) is 48.9 Å². The van der Waals surface area contributed by atoms with Crippen molar-refractivity contribution >= 4 is 27.7 Å². The number of anilines is 1. The standard InChI is InChI=1S/C16H23BrN2O3/c1-16(2,3)14-10-18(7-8-19(14)15(20)21)11-5-6-12(17)13(9-11)22-4/h5-6,9,14H,7-8,10H2,1-4H3,(H,20,21). The first-order chi connectivity index (χ1) is 10.2. The topological polar surface area (TPSA) is 53.0 Å². The molecule has 1 fully saturated rings. The van der Waals surface area contributed by atoms with E-state index in [0.29, 0.717) is 19.6 Å². The second-order valence-electron chi connectivity index (χ2n) is 6.62. The van der Waals surface area contributed by atoms with Crippen LogP contribution in [0.1, 0.15) is 20.8 Å². The fraction of sp³-hybridized carbons (Fsp3) is 0.562. The first-order valence-electron chi connectivity index (χ1n) is 7.32. The molecule has 122 valence electrons. The lowest BCUT2D eigenvalue weighted by molar-refractivity contribution is 0.0748. The molecule has 0 radical (unpaired) electrons. The zero-order valence-corrected chi connectivity index (χ0v) is 15.1. The van der Waals surface area contributed by atoms with Gasteiger partial charge >= 0.3 is 6.09 Å². The first-order valence-corrected chi connectivity index (χ1v) is 8.11. The predicted molar refractivity (Wildman–Crippen MR) is 90.9 cm³/mol. The van der Waals surface area contributed by atoms with Crippen molar-refractivity contribution < 1.29 is 14.6 Å². The Kier molecular flexibility index (Phi) is 4.90. The summed E-state index contributed by atoms with van der Waals surface area (Å²) < 4.78 is 6.26. The minimum atomic E-state index is -0.840. The Balaban J connectivity index is 2.26. The van der Waals surface area contributed by atoms with Crippen molar-refractivity contribution in [2.45, 2.75) is 26.8 Å². The second kappa shape index (κ2) is 6.36. The van der Waals surface area contributed by atoms with Gasteiger partial charge in [0.15, 0.2) is 0 Å². The Labute approximate surface area is 140 Å². The van der Waals surface area contributed by atoms with Crippen LogP contribution in [0.15, 0.2) is 22.7 Å². The molecule has 1 aromatic rings. The summed E-state index contributed by atoms with van der Waals surface area (Å²) in [5, 5.41) is 9.43. The first kappa shape index (κ1) is 16.9. The number of hydrogen-bond acceptors (Lipinski definition) is 3. The van der Waals surface area contributed by atoms with Crippen molar-refractivity contribution in [2.75, 3.05) is 31.6 Å². The van der Waals surface area contributed by atoms with E-state index in [1.165, 1.54) is 0 Å². The van der Waals surface area contributed by atoms with Crippen LogP contribution in [0.2, 0.25) is 0 Å². The van der Waals surface area contributed by atoms with Crippen molar-refractivity contribution in [1.29, 1.82) is 0 Å². The van der Waals surface area contributed by atoms with E-state index in [4.69, 9.17) is 4.74 Å². The Morgan fingerprint density at radius 1 is 1.36 bits per heavy atom. The number of methoxy groups -OCH3 is 1.